The SMILES string of the molecule is CCCCCN(C(=O)N[C@@H](CCO)C(=O)O)C(C)C. The molecule has 0 aromatic rings. The van der Waals surface area contributed by atoms with E-state index in [-0.39, 0.29) is 25.1 Å². The molecule has 0 fully saturated rings. The number of hydrogen-bond acceptors (Lipinski definition) is 3. The smallest absolute Gasteiger partial charge is 0.326 e. The largest absolute Gasteiger partial charge is 0.480 e. The Labute approximate surface area is 114 Å². The molecule has 0 aliphatic heterocycles. The van der Waals surface area contributed by atoms with Crippen LogP contribution in [0, 0.1) is 0 Å². The van der Waals surface area contributed by atoms with Crippen molar-refractivity contribution in [2.45, 2.75) is 58.5 Å². The normalized spacial score (nSPS) is 12.3. The van der Waals surface area contributed by atoms with E-state index in [4.69, 9.17) is 10.2 Å². The Morgan fingerprint density at radius 2 is 1.89 bits per heavy atom. The van der Waals surface area contributed by atoms with Gasteiger partial charge in [-0.2, -0.15) is 0 Å². The molecule has 0 aliphatic rings. The molecule has 0 aromatic carbocycles. The van der Waals surface area contributed by atoms with Crippen molar-refractivity contribution in [1.29, 1.82) is 0 Å². The Balaban J connectivity index is 4.48. The van der Waals surface area contributed by atoms with Crippen molar-refractivity contribution >= 4 is 12.0 Å². The number of carbonyl (C=O) groups excluding carboxylic acids is 1. The average Bonchev–Trinajstić information content (AvgIpc) is 2.33. The number of unbranched alkanes of at least 4 members (excludes halogenated alkanes) is 2. The Hall–Kier alpha value is -1.30. The zero-order chi connectivity index (χ0) is 14.8. The van der Waals surface area contributed by atoms with Gasteiger partial charge in [0.2, 0.25) is 0 Å². The monoisotopic (exact) mass is 274 g/mol. The Bertz CT molecular complexity index is 282. The van der Waals surface area contributed by atoms with Gasteiger partial charge in [0.25, 0.3) is 0 Å². The minimum atomic E-state index is -1.13. The molecule has 0 bridgehead atoms. The van der Waals surface area contributed by atoms with Crippen LogP contribution < -0.4 is 5.32 Å². The number of nitrogens with zero attached hydrogens (tertiary/aromatic N) is 1. The van der Waals surface area contributed by atoms with Crippen molar-refractivity contribution < 1.29 is 19.8 Å². The highest BCUT2D eigenvalue weighted by Crippen LogP contribution is 2.05. The molecule has 19 heavy (non-hydrogen) atoms. The minimum absolute atomic E-state index is 0.0143. The van der Waals surface area contributed by atoms with Crippen LogP contribution in [0.2, 0.25) is 0 Å². The first-order valence-electron chi connectivity index (χ1n) is 6.84. The molecule has 0 saturated heterocycles. The summed E-state index contributed by atoms with van der Waals surface area (Å²) in [4.78, 5) is 24.6. The maximum absolute atomic E-state index is 12.0. The van der Waals surface area contributed by atoms with Gasteiger partial charge in [-0.05, 0) is 20.3 Å². The third kappa shape index (κ3) is 7.00. The molecule has 6 heteroatoms. The van der Waals surface area contributed by atoms with Crippen LogP contribution in [0.15, 0.2) is 0 Å². The van der Waals surface area contributed by atoms with E-state index in [1.54, 1.807) is 4.90 Å². The fourth-order valence-corrected chi connectivity index (χ4v) is 1.74. The third-order valence-electron chi connectivity index (χ3n) is 2.90. The topological polar surface area (TPSA) is 89.9 Å². The standard InChI is InChI=1S/C13H26N2O4/c1-4-5-6-8-15(10(2)3)13(19)14-11(7-9-16)12(17)18/h10-11,16H,4-9H2,1-3H3,(H,14,19)(H,17,18)/t11-/m0/s1. The molecule has 0 radical (unpaired) electrons. The van der Waals surface area contributed by atoms with Crippen LogP contribution in [0.25, 0.3) is 0 Å². The van der Waals surface area contributed by atoms with E-state index >= 15 is 0 Å². The summed E-state index contributed by atoms with van der Waals surface area (Å²) in [6, 6.07) is -1.41. The van der Waals surface area contributed by atoms with Crippen molar-refractivity contribution in [1.82, 2.24) is 10.2 Å². The highest BCUT2D eigenvalue weighted by Gasteiger charge is 2.23. The van der Waals surface area contributed by atoms with Gasteiger partial charge in [0.15, 0.2) is 0 Å². The van der Waals surface area contributed by atoms with Crippen molar-refractivity contribution in [2.24, 2.45) is 0 Å². The van der Waals surface area contributed by atoms with E-state index in [1.165, 1.54) is 0 Å². The second kappa shape index (κ2) is 9.61. The second-order valence-electron chi connectivity index (χ2n) is 4.85. The number of carboxylic acids is 1. The number of carbonyl (C=O) groups is 2. The first-order valence-corrected chi connectivity index (χ1v) is 6.84. The molecule has 112 valence electrons. The van der Waals surface area contributed by atoms with E-state index in [0.29, 0.717) is 6.54 Å². The molecule has 0 saturated carbocycles. The van der Waals surface area contributed by atoms with Gasteiger partial charge in [-0.3, -0.25) is 0 Å². The second-order valence-corrected chi connectivity index (χ2v) is 4.85. The third-order valence-corrected chi connectivity index (χ3v) is 2.90. The summed E-state index contributed by atoms with van der Waals surface area (Å²) >= 11 is 0. The van der Waals surface area contributed by atoms with Gasteiger partial charge in [-0.25, -0.2) is 9.59 Å². The van der Waals surface area contributed by atoms with Crippen LogP contribution in [0.3, 0.4) is 0 Å². The molecule has 6 nitrogen and oxygen atoms in total. The summed E-state index contributed by atoms with van der Waals surface area (Å²) in [5, 5.41) is 20.2. The van der Waals surface area contributed by atoms with Crippen molar-refractivity contribution in [3.05, 3.63) is 0 Å². The van der Waals surface area contributed by atoms with Crippen LogP contribution in [-0.4, -0.2) is 52.3 Å². The van der Waals surface area contributed by atoms with E-state index in [2.05, 4.69) is 12.2 Å². The van der Waals surface area contributed by atoms with Crippen LogP contribution in [0.1, 0.15) is 46.5 Å². The van der Waals surface area contributed by atoms with Crippen LogP contribution in [0.5, 0.6) is 0 Å². The number of rotatable bonds is 9. The predicted octanol–water partition coefficient (Wildman–Crippen LogP) is 1.43. The fourth-order valence-electron chi connectivity index (χ4n) is 1.74. The number of hydrogen-bond donors (Lipinski definition) is 3. The van der Waals surface area contributed by atoms with Gasteiger partial charge in [0, 0.05) is 25.6 Å². The van der Waals surface area contributed by atoms with E-state index in [9.17, 15) is 9.59 Å². The Morgan fingerprint density at radius 1 is 1.26 bits per heavy atom. The molecular formula is C13H26N2O4. The number of aliphatic hydroxyl groups excluding tert-OH is 1. The van der Waals surface area contributed by atoms with Gasteiger partial charge in [-0.1, -0.05) is 19.8 Å². The first kappa shape index (κ1) is 17.7. The molecular weight excluding hydrogens is 248 g/mol. The zero-order valence-corrected chi connectivity index (χ0v) is 12.1. The maximum atomic E-state index is 12.0. The first-order chi connectivity index (χ1) is 8.93. The van der Waals surface area contributed by atoms with Crippen molar-refractivity contribution in [3.63, 3.8) is 0 Å². The number of nitrogens with one attached hydrogen (secondary N) is 1. The Kier molecular flexibility index (Phi) is 8.95. The van der Waals surface area contributed by atoms with Gasteiger partial charge in [0.1, 0.15) is 6.04 Å². The highest BCUT2D eigenvalue weighted by atomic mass is 16.4. The summed E-state index contributed by atoms with van der Waals surface area (Å²) in [5.74, 6) is -1.13. The van der Waals surface area contributed by atoms with E-state index in [0.717, 1.165) is 19.3 Å². The molecule has 3 N–H and O–H groups in total. The molecule has 1 atom stereocenters. The lowest BCUT2D eigenvalue weighted by molar-refractivity contribution is -0.139. The lowest BCUT2D eigenvalue weighted by atomic mass is 10.2. The number of aliphatic hydroxyl groups is 1. The predicted molar refractivity (Wildman–Crippen MR) is 73.0 cm³/mol. The van der Waals surface area contributed by atoms with Crippen LogP contribution >= 0.6 is 0 Å². The lowest BCUT2D eigenvalue weighted by Gasteiger charge is -2.28. The summed E-state index contributed by atoms with van der Waals surface area (Å²) in [5.41, 5.74) is 0. The number of amides is 2. The molecule has 0 unspecified atom stereocenters. The quantitative estimate of drug-likeness (QED) is 0.555. The highest BCUT2D eigenvalue weighted by molar-refractivity contribution is 5.82. The average molecular weight is 274 g/mol. The maximum Gasteiger partial charge on any atom is 0.326 e. The lowest BCUT2D eigenvalue weighted by Crippen LogP contribution is -2.50. The Morgan fingerprint density at radius 3 is 2.32 bits per heavy atom. The number of carboxylic acid groups (broad SMARTS) is 1. The van der Waals surface area contributed by atoms with Gasteiger partial charge in [-0.15, -0.1) is 0 Å². The van der Waals surface area contributed by atoms with Crippen molar-refractivity contribution in [3.8, 4) is 0 Å². The molecule has 0 rings (SSSR count). The summed E-state index contributed by atoms with van der Waals surface area (Å²) in [6.45, 7) is 6.22. The summed E-state index contributed by atoms with van der Waals surface area (Å²) in [7, 11) is 0. The van der Waals surface area contributed by atoms with E-state index < -0.39 is 12.0 Å². The minimum Gasteiger partial charge on any atom is -0.480 e. The van der Waals surface area contributed by atoms with Gasteiger partial charge < -0.3 is 20.4 Å². The molecule has 2 amide bonds. The van der Waals surface area contributed by atoms with Gasteiger partial charge >= 0.3 is 12.0 Å². The fraction of sp³-hybridized carbons (Fsp3) is 0.846. The van der Waals surface area contributed by atoms with Gasteiger partial charge in [0.05, 0.1) is 0 Å². The molecule has 0 aliphatic carbocycles. The molecule has 0 heterocycles. The zero-order valence-electron chi connectivity index (χ0n) is 12.1. The number of aliphatic carboxylic acids is 1. The van der Waals surface area contributed by atoms with Crippen LogP contribution in [-0.2, 0) is 4.79 Å². The van der Waals surface area contributed by atoms with Crippen LogP contribution in [0.4, 0.5) is 4.79 Å². The van der Waals surface area contributed by atoms with Crippen molar-refractivity contribution in [2.75, 3.05) is 13.2 Å². The molecule has 0 aromatic heterocycles. The molecule has 0 spiro atoms. The number of urea groups is 1. The summed E-state index contributed by atoms with van der Waals surface area (Å²) in [6.07, 6.45) is 3.02. The summed E-state index contributed by atoms with van der Waals surface area (Å²) < 4.78 is 0. The van der Waals surface area contributed by atoms with E-state index in [1.807, 2.05) is 13.8 Å².